The maximum atomic E-state index is 13.1. The van der Waals surface area contributed by atoms with E-state index in [0.29, 0.717) is 24.7 Å². The Balaban J connectivity index is 1.49. The number of fused-ring (bicyclic) bond motifs is 3. The Morgan fingerprint density at radius 2 is 1.88 bits per heavy atom. The minimum atomic E-state index is -4.44. The zero-order chi connectivity index (χ0) is 23.7. The van der Waals surface area contributed by atoms with Crippen LogP contribution in [0.2, 0.25) is 5.02 Å². The van der Waals surface area contributed by atoms with Crippen molar-refractivity contribution in [3.8, 4) is 11.1 Å². The molecule has 0 radical (unpaired) electrons. The largest absolute Gasteiger partial charge is 0.444 e. The first kappa shape index (κ1) is 22.4. The first-order chi connectivity index (χ1) is 15.4. The van der Waals surface area contributed by atoms with Crippen LogP contribution in [0.3, 0.4) is 0 Å². The van der Waals surface area contributed by atoms with Crippen LogP contribution in [0, 0.1) is 0 Å². The molecule has 0 aromatic heterocycles. The topological polar surface area (TPSA) is 32.8 Å². The number of benzene rings is 2. The number of amides is 1. The van der Waals surface area contributed by atoms with Crippen molar-refractivity contribution in [3.63, 3.8) is 0 Å². The summed E-state index contributed by atoms with van der Waals surface area (Å²) in [5.74, 6) is 0.133. The second-order valence-corrected chi connectivity index (χ2v) is 10.5. The van der Waals surface area contributed by atoms with E-state index in [1.807, 2.05) is 20.8 Å². The Labute approximate surface area is 196 Å². The van der Waals surface area contributed by atoms with Gasteiger partial charge in [0.15, 0.2) is 0 Å². The van der Waals surface area contributed by atoms with E-state index >= 15 is 0 Å². The summed E-state index contributed by atoms with van der Waals surface area (Å²) in [7, 11) is 0. The van der Waals surface area contributed by atoms with E-state index in [-0.39, 0.29) is 17.0 Å². The molecule has 8 heteroatoms. The first-order valence-electron chi connectivity index (χ1n) is 11.2. The number of carbonyl (C=O) groups is 1. The third-order valence-corrected chi connectivity index (χ3v) is 7.08. The van der Waals surface area contributed by atoms with Crippen LogP contribution in [0.4, 0.5) is 23.7 Å². The summed E-state index contributed by atoms with van der Waals surface area (Å²) in [5.41, 5.74) is 3.66. The van der Waals surface area contributed by atoms with Gasteiger partial charge in [0.25, 0.3) is 0 Å². The van der Waals surface area contributed by atoms with E-state index in [2.05, 4.69) is 17.0 Å². The minimum Gasteiger partial charge on any atom is -0.444 e. The lowest BCUT2D eigenvalue weighted by Crippen LogP contribution is -2.49. The van der Waals surface area contributed by atoms with Gasteiger partial charge in [-0.3, -0.25) is 0 Å². The van der Waals surface area contributed by atoms with Gasteiger partial charge in [-0.1, -0.05) is 17.7 Å². The van der Waals surface area contributed by atoms with Gasteiger partial charge in [-0.25, -0.2) is 4.79 Å². The molecule has 5 rings (SSSR count). The van der Waals surface area contributed by atoms with E-state index in [1.165, 1.54) is 17.3 Å². The highest BCUT2D eigenvalue weighted by Crippen LogP contribution is 2.51. The van der Waals surface area contributed by atoms with Crippen molar-refractivity contribution in [1.29, 1.82) is 0 Å². The highest BCUT2D eigenvalue weighted by molar-refractivity contribution is 6.33. The van der Waals surface area contributed by atoms with Crippen LogP contribution < -0.4 is 4.90 Å². The summed E-state index contributed by atoms with van der Waals surface area (Å²) in [5, 5.41) is 0.0837. The van der Waals surface area contributed by atoms with Crippen LogP contribution in [-0.4, -0.2) is 42.3 Å². The van der Waals surface area contributed by atoms with Crippen molar-refractivity contribution in [2.75, 3.05) is 24.5 Å². The van der Waals surface area contributed by atoms with Gasteiger partial charge in [-0.2, -0.15) is 13.2 Å². The van der Waals surface area contributed by atoms with E-state index in [1.54, 1.807) is 4.90 Å². The average molecular weight is 479 g/mol. The normalized spacial score (nSPS) is 21.8. The number of ether oxygens (including phenoxy) is 1. The molecule has 3 heterocycles. The molecule has 2 atom stereocenters. The Morgan fingerprint density at radius 3 is 2.55 bits per heavy atom. The van der Waals surface area contributed by atoms with Crippen molar-refractivity contribution >= 4 is 23.4 Å². The number of hydrogen-bond acceptors (Lipinski definition) is 3. The van der Waals surface area contributed by atoms with Crippen LogP contribution in [0.5, 0.6) is 0 Å². The molecule has 176 valence electrons. The number of hydrogen-bond donors (Lipinski definition) is 0. The van der Waals surface area contributed by atoms with Gasteiger partial charge in [0.1, 0.15) is 5.60 Å². The summed E-state index contributed by atoms with van der Waals surface area (Å²) >= 11 is 6.31. The van der Waals surface area contributed by atoms with Crippen molar-refractivity contribution < 1.29 is 22.7 Å². The number of halogens is 4. The monoisotopic (exact) mass is 478 g/mol. The number of nitrogens with zero attached hydrogens (tertiary/aromatic N) is 2. The van der Waals surface area contributed by atoms with Crippen LogP contribution >= 0.6 is 11.6 Å². The van der Waals surface area contributed by atoms with Crippen molar-refractivity contribution in [3.05, 3.63) is 52.0 Å². The van der Waals surface area contributed by atoms with Gasteiger partial charge in [-0.15, -0.1) is 0 Å². The summed E-state index contributed by atoms with van der Waals surface area (Å²) in [4.78, 5) is 16.9. The lowest BCUT2D eigenvalue weighted by atomic mass is 9.86. The molecule has 1 amide bonds. The van der Waals surface area contributed by atoms with Crippen LogP contribution in [0.25, 0.3) is 11.1 Å². The number of rotatable bonds is 1. The quantitative estimate of drug-likeness (QED) is 0.469. The van der Waals surface area contributed by atoms with E-state index in [4.69, 9.17) is 16.3 Å². The summed E-state index contributed by atoms with van der Waals surface area (Å²) in [6.07, 6.45) is -2.99. The highest BCUT2D eigenvalue weighted by Gasteiger charge is 2.46. The van der Waals surface area contributed by atoms with Crippen LogP contribution in [-0.2, 0) is 17.3 Å². The molecule has 3 aliphatic heterocycles. The summed E-state index contributed by atoms with van der Waals surface area (Å²) < 4.78 is 44.9. The van der Waals surface area contributed by atoms with Gasteiger partial charge in [-0.05, 0) is 74.6 Å². The van der Waals surface area contributed by atoms with Crippen LogP contribution in [0.15, 0.2) is 30.3 Å². The van der Waals surface area contributed by atoms with Crippen molar-refractivity contribution in [2.24, 2.45) is 0 Å². The Morgan fingerprint density at radius 1 is 1.12 bits per heavy atom. The van der Waals surface area contributed by atoms with Gasteiger partial charge in [0.2, 0.25) is 0 Å². The molecule has 1 saturated heterocycles. The van der Waals surface area contributed by atoms with E-state index in [9.17, 15) is 18.0 Å². The number of alkyl halides is 3. The molecule has 3 aliphatic rings. The van der Waals surface area contributed by atoms with Gasteiger partial charge in [0, 0.05) is 47.9 Å². The molecule has 0 N–H and O–H groups in total. The molecule has 0 bridgehead atoms. The number of anilines is 1. The third kappa shape index (κ3) is 3.94. The summed E-state index contributed by atoms with van der Waals surface area (Å²) in [6, 6.07) is 7.94. The SMILES string of the molecule is CC(C)(C)OC(=O)N1CC[C@@H]2[C@H](C1)c1cc(-c3ccc(C(F)(F)F)cc3Cl)cc3c1N2CC3. The lowest BCUT2D eigenvalue weighted by Gasteiger charge is -2.38. The molecule has 0 spiro atoms. The predicted molar refractivity (Wildman–Crippen MR) is 122 cm³/mol. The van der Waals surface area contributed by atoms with E-state index in [0.717, 1.165) is 42.6 Å². The standard InChI is InChI=1S/C25H26ClF3N2O2/c1-24(2,3)33-23(32)30-8-7-21-19(13-30)18-11-15(10-14-6-9-31(21)22(14)18)17-5-4-16(12-20(17)26)25(27,28)29/h4-5,10-12,19,21H,6-9,13H2,1-3H3/t19-,21-/m1/s1. The van der Waals surface area contributed by atoms with E-state index < -0.39 is 17.3 Å². The molecule has 1 fully saturated rings. The molecule has 2 aromatic rings. The second kappa shape index (κ2) is 7.55. The van der Waals surface area contributed by atoms with Crippen molar-refractivity contribution in [1.82, 2.24) is 4.90 Å². The van der Waals surface area contributed by atoms with Gasteiger partial charge in [0.05, 0.1) is 5.56 Å². The fraction of sp³-hybridized carbons (Fsp3) is 0.480. The fourth-order valence-corrected chi connectivity index (χ4v) is 5.71. The summed E-state index contributed by atoms with van der Waals surface area (Å²) in [6.45, 7) is 7.69. The maximum Gasteiger partial charge on any atom is 0.416 e. The van der Waals surface area contributed by atoms with Gasteiger partial charge < -0.3 is 14.5 Å². The maximum absolute atomic E-state index is 13.1. The molecular weight excluding hydrogens is 453 g/mol. The fourth-order valence-electron chi connectivity index (χ4n) is 5.42. The molecular formula is C25H26ClF3N2O2. The molecule has 0 aliphatic carbocycles. The molecule has 4 nitrogen and oxygen atoms in total. The predicted octanol–water partition coefficient (Wildman–Crippen LogP) is 6.49. The Bertz CT molecular complexity index is 1130. The average Bonchev–Trinajstić information content (AvgIpc) is 3.27. The third-order valence-electron chi connectivity index (χ3n) is 6.76. The zero-order valence-corrected chi connectivity index (χ0v) is 19.6. The first-order valence-corrected chi connectivity index (χ1v) is 11.6. The second-order valence-electron chi connectivity index (χ2n) is 10.1. The van der Waals surface area contributed by atoms with Gasteiger partial charge >= 0.3 is 12.3 Å². The number of likely N-dealkylation sites (tertiary alicyclic amines) is 1. The number of carbonyl (C=O) groups excluding carboxylic acids is 1. The Hall–Kier alpha value is -2.41. The molecule has 2 aromatic carbocycles. The lowest BCUT2D eigenvalue weighted by molar-refractivity contribution is -0.137. The van der Waals surface area contributed by atoms with Crippen molar-refractivity contribution in [2.45, 2.75) is 57.3 Å². The smallest absolute Gasteiger partial charge is 0.416 e. The zero-order valence-electron chi connectivity index (χ0n) is 18.8. The van der Waals surface area contributed by atoms with Crippen LogP contribution in [0.1, 0.15) is 49.8 Å². The minimum absolute atomic E-state index is 0.0837. The number of piperidine rings is 1. The molecule has 0 unspecified atom stereocenters. The molecule has 0 saturated carbocycles. The Kier molecular flexibility index (Phi) is 5.12. The highest BCUT2D eigenvalue weighted by atomic mass is 35.5. The molecule has 33 heavy (non-hydrogen) atoms.